The quantitative estimate of drug-likeness (QED) is 0.637. The smallest absolute Gasteiger partial charge is 0.338 e. The van der Waals surface area contributed by atoms with Gasteiger partial charge in [0.1, 0.15) is 17.4 Å². The number of hydrogen-bond acceptors (Lipinski definition) is 5. The van der Waals surface area contributed by atoms with Gasteiger partial charge < -0.3 is 24.8 Å². The van der Waals surface area contributed by atoms with Crippen LogP contribution >= 0.6 is 23.2 Å². The normalized spacial score (nSPS) is 15.9. The monoisotopic (exact) mass is 450 g/mol. The van der Waals surface area contributed by atoms with Crippen molar-refractivity contribution in [3.8, 4) is 11.5 Å². The summed E-state index contributed by atoms with van der Waals surface area (Å²) in [5.74, 6) is -0.140. The van der Waals surface area contributed by atoms with Crippen LogP contribution in [-0.4, -0.2) is 26.2 Å². The number of rotatable bonds is 6. The molecule has 3 rings (SSSR count). The number of methoxy groups -OCH3 is 2. The van der Waals surface area contributed by atoms with Gasteiger partial charge in [-0.15, -0.1) is 0 Å². The SMILES string of the molecule is COc1c(Cl)cc(C2NC(=O)NC(C)=C2C(=O)OCc2ccccc2)c(OC)c1Cl. The topological polar surface area (TPSA) is 85.9 Å². The molecule has 0 saturated carbocycles. The molecule has 9 heteroatoms. The van der Waals surface area contributed by atoms with E-state index in [0.29, 0.717) is 11.3 Å². The average molecular weight is 451 g/mol. The van der Waals surface area contributed by atoms with Crippen molar-refractivity contribution in [1.82, 2.24) is 10.6 Å². The second-order valence-electron chi connectivity index (χ2n) is 6.46. The Morgan fingerprint density at radius 3 is 2.40 bits per heavy atom. The molecule has 1 atom stereocenters. The number of ether oxygens (including phenoxy) is 3. The van der Waals surface area contributed by atoms with Gasteiger partial charge in [-0.2, -0.15) is 0 Å². The molecular weight excluding hydrogens is 431 g/mol. The summed E-state index contributed by atoms with van der Waals surface area (Å²) in [4.78, 5) is 25.1. The standard InChI is InChI=1S/C21H20Cl2N2O5/c1-11-15(20(26)30-10-12-7-5-4-6-8-12)17(25-21(27)24-11)13-9-14(22)19(29-3)16(23)18(13)28-2/h4-9,17H,10H2,1-3H3,(H2,24,25,27). The number of amides is 2. The van der Waals surface area contributed by atoms with E-state index in [2.05, 4.69) is 10.6 Å². The number of esters is 1. The summed E-state index contributed by atoms with van der Waals surface area (Å²) in [6.45, 7) is 1.70. The van der Waals surface area contributed by atoms with E-state index in [-0.39, 0.29) is 33.7 Å². The Hall–Kier alpha value is -2.90. The molecule has 0 saturated heterocycles. The highest BCUT2D eigenvalue weighted by Crippen LogP contribution is 2.46. The van der Waals surface area contributed by atoms with E-state index < -0.39 is 18.0 Å². The molecule has 2 aromatic carbocycles. The summed E-state index contributed by atoms with van der Waals surface area (Å²) in [6.07, 6.45) is 0. The highest BCUT2D eigenvalue weighted by atomic mass is 35.5. The Morgan fingerprint density at radius 1 is 1.10 bits per heavy atom. The van der Waals surface area contributed by atoms with Crippen LogP contribution in [0.25, 0.3) is 0 Å². The Labute approximate surface area is 183 Å². The predicted octanol–water partition coefficient (Wildman–Crippen LogP) is 4.38. The van der Waals surface area contributed by atoms with Gasteiger partial charge in [0.25, 0.3) is 0 Å². The lowest BCUT2D eigenvalue weighted by molar-refractivity contribution is -0.140. The second-order valence-corrected chi connectivity index (χ2v) is 7.25. The van der Waals surface area contributed by atoms with Crippen molar-refractivity contribution in [3.63, 3.8) is 0 Å². The van der Waals surface area contributed by atoms with Gasteiger partial charge in [0.15, 0.2) is 5.75 Å². The molecule has 0 aliphatic carbocycles. The fourth-order valence-corrected chi connectivity index (χ4v) is 3.91. The van der Waals surface area contributed by atoms with Crippen LogP contribution in [0.4, 0.5) is 4.79 Å². The molecule has 0 aromatic heterocycles. The Bertz CT molecular complexity index is 1010. The minimum atomic E-state index is -0.891. The van der Waals surface area contributed by atoms with Crippen LogP contribution < -0.4 is 20.1 Å². The van der Waals surface area contributed by atoms with Gasteiger partial charge in [-0.1, -0.05) is 53.5 Å². The molecule has 2 aromatic rings. The van der Waals surface area contributed by atoms with Gasteiger partial charge in [-0.3, -0.25) is 0 Å². The zero-order chi connectivity index (χ0) is 21.8. The van der Waals surface area contributed by atoms with Crippen LogP contribution in [0.15, 0.2) is 47.7 Å². The molecule has 0 radical (unpaired) electrons. The third-order valence-corrected chi connectivity index (χ3v) is 5.21. The Balaban J connectivity index is 2.01. The van der Waals surface area contributed by atoms with Gasteiger partial charge >= 0.3 is 12.0 Å². The first-order chi connectivity index (χ1) is 14.4. The number of halogens is 2. The minimum Gasteiger partial charge on any atom is -0.495 e. The maximum Gasteiger partial charge on any atom is 0.338 e. The second kappa shape index (κ2) is 9.28. The number of nitrogens with one attached hydrogen (secondary N) is 2. The van der Waals surface area contributed by atoms with Crippen LogP contribution in [0.2, 0.25) is 10.0 Å². The Kier molecular flexibility index (Phi) is 6.74. The van der Waals surface area contributed by atoms with Gasteiger partial charge in [-0.25, -0.2) is 9.59 Å². The van der Waals surface area contributed by atoms with E-state index in [1.165, 1.54) is 14.2 Å². The number of allylic oxidation sites excluding steroid dienone is 1. The predicted molar refractivity (Wildman–Crippen MR) is 113 cm³/mol. The van der Waals surface area contributed by atoms with Gasteiger partial charge in [0.2, 0.25) is 0 Å². The summed E-state index contributed by atoms with van der Waals surface area (Å²) >= 11 is 12.7. The highest BCUT2D eigenvalue weighted by Gasteiger charge is 2.35. The van der Waals surface area contributed by atoms with E-state index >= 15 is 0 Å². The molecule has 0 bridgehead atoms. The van der Waals surface area contributed by atoms with Crippen LogP contribution in [0.5, 0.6) is 11.5 Å². The lowest BCUT2D eigenvalue weighted by Gasteiger charge is -2.29. The van der Waals surface area contributed by atoms with Crippen molar-refractivity contribution in [3.05, 3.63) is 68.8 Å². The van der Waals surface area contributed by atoms with Crippen molar-refractivity contribution in [2.24, 2.45) is 0 Å². The molecule has 1 aliphatic heterocycles. The molecule has 0 spiro atoms. The van der Waals surface area contributed by atoms with Crippen LogP contribution in [0.3, 0.4) is 0 Å². The summed E-state index contributed by atoms with van der Waals surface area (Å²) in [5.41, 5.74) is 1.80. The van der Waals surface area contributed by atoms with Crippen molar-refractivity contribution in [2.45, 2.75) is 19.6 Å². The number of carbonyl (C=O) groups is 2. The molecule has 158 valence electrons. The van der Waals surface area contributed by atoms with Crippen LogP contribution in [-0.2, 0) is 16.1 Å². The first kappa shape index (κ1) is 21.8. The minimum absolute atomic E-state index is 0.0817. The van der Waals surface area contributed by atoms with E-state index in [0.717, 1.165) is 5.56 Å². The zero-order valence-corrected chi connectivity index (χ0v) is 18.1. The molecule has 7 nitrogen and oxygen atoms in total. The summed E-state index contributed by atoms with van der Waals surface area (Å²) in [7, 11) is 2.85. The maximum absolute atomic E-state index is 13.0. The third kappa shape index (κ3) is 4.32. The number of urea groups is 1. The van der Waals surface area contributed by atoms with E-state index in [9.17, 15) is 9.59 Å². The molecule has 1 heterocycles. The fourth-order valence-electron chi connectivity index (χ4n) is 3.21. The number of hydrogen-bond donors (Lipinski definition) is 2. The molecule has 30 heavy (non-hydrogen) atoms. The van der Waals surface area contributed by atoms with Gasteiger partial charge in [0.05, 0.1) is 30.9 Å². The molecule has 1 aliphatic rings. The van der Waals surface area contributed by atoms with E-state index in [1.807, 2.05) is 30.3 Å². The van der Waals surface area contributed by atoms with Crippen LogP contribution in [0, 0.1) is 0 Å². The number of carbonyl (C=O) groups excluding carboxylic acids is 2. The lowest BCUT2D eigenvalue weighted by atomic mass is 9.94. The first-order valence-corrected chi connectivity index (χ1v) is 9.72. The molecule has 1 unspecified atom stereocenters. The lowest BCUT2D eigenvalue weighted by Crippen LogP contribution is -2.45. The molecular formula is C21H20Cl2N2O5. The zero-order valence-electron chi connectivity index (χ0n) is 16.5. The van der Waals surface area contributed by atoms with Crippen molar-refractivity contribution < 1.29 is 23.8 Å². The largest absolute Gasteiger partial charge is 0.495 e. The maximum atomic E-state index is 13.0. The van der Waals surface area contributed by atoms with E-state index in [1.54, 1.807) is 13.0 Å². The number of benzene rings is 2. The summed E-state index contributed by atoms with van der Waals surface area (Å²) in [5, 5.41) is 5.65. The average Bonchev–Trinajstić information content (AvgIpc) is 2.72. The molecule has 2 amide bonds. The Morgan fingerprint density at radius 2 is 1.77 bits per heavy atom. The summed E-state index contributed by atoms with van der Waals surface area (Å²) in [6, 6.07) is 9.44. The molecule has 0 fully saturated rings. The fraction of sp³-hybridized carbons (Fsp3) is 0.238. The van der Waals surface area contributed by atoms with Crippen molar-refractivity contribution >= 4 is 35.2 Å². The van der Waals surface area contributed by atoms with Crippen LogP contribution in [0.1, 0.15) is 24.1 Å². The van der Waals surface area contributed by atoms with Crippen molar-refractivity contribution in [1.29, 1.82) is 0 Å². The first-order valence-electron chi connectivity index (χ1n) is 8.96. The highest BCUT2D eigenvalue weighted by molar-refractivity contribution is 6.38. The third-order valence-electron chi connectivity index (χ3n) is 4.58. The van der Waals surface area contributed by atoms with Gasteiger partial charge in [-0.05, 0) is 18.6 Å². The van der Waals surface area contributed by atoms with Crippen molar-refractivity contribution in [2.75, 3.05) is 14.2 Å². The van der Waals surface area contributed by atoms with E-state index in [4.69, 9.17) is 37.4 Å². The molecule has 2 N–H and O–H groups in total. The summed E-state index contributed by atoms with van der Waals surface area (Å²) < 4.78 is 16.1. The van der Waals surface area contributed by atoms with Gasteiger partial charge in [0, 0.05) is 11.3 Å².